The van der Waals surface area contributed by atoms with Crippen molar-refractivity contribution in [2.75, 3.05) is 0 Å². The number of aryl methyl sites for hydroxylation is 1. The normalized spacial score (nSPS) is 11.9. The third kappa shape index (κ3) is 2.96. The van der Waals surface area contributed by atoms with E-state index in [9.17, 15) is 8.42 Å². The standard InChI is InChI=1S/C11H13NO3S2/c1-2-3-8-7-16-11-6-9(4-5-10(8)11)15-17(12,13)14/h4-7H,2-3H2,1H3,(H2,12,13,14). The summed E-state index contributed by atoms with van der Waals surface area (Å²) in [6.45, 7) is 2.13. The molecule has 17 heavy (non-hydrogen) atoms. The van der Waals surface area contributed by atoms with E-state index in [2.05, 4.69) is 16.5 Å². The van der Waals surface area contributed by atoms with Crippen LogP contribution < -0.4 is 9.32 Å². The minimum absolute atomic E-state index is 0.255. The number of hydrogen-bond acceptors (Lipinski definition) is 4. The van der Waals surface area contributed by atoms with Gasteiger partial charge in [-0.3, -0.25) is 0 Å². The lowest BCUT2D eigenvalue weighted by molar-refractivity contribution is 0.488. The molecule has 1 heterocycles. The second kappa shape index (κ2) is 4.64. The monoisotopic (exact) mass is 271 g/mol. The molecule has 0 spiro atoms. The van der Waals surface area contributed by atoms with Gasteiger partial charge in [0.05, 0.1) is 0 Å². The van der Waals surface area contributed by atoms with Gasteiger partial charge in [-0.05, 0) is 40.9 Å². The van der Waals surface area contributed by atoms with E-state index < -0.39 is 10.3 Å². The van der Waals surface area contributed by atoms with Gasteiger partial charge in [0, 0.05) is 4.70 Å². The lowest BCUT2D eigenvalue weighted by Gasteiger charge is -2.02. The van der Waals surface area contributed by atoms with Gasteiger partial charge in [0.1, 0.15) is 5.75 Å². The summed E-state index contributed by atoms with van der Waals surface area (Å²) in [5, 5.41) is 8.06. The van der Waals surface area contributed by atoms with Gasteiger partial charge in [0.15, 0.2) is 0 Å². The molecule has 2 aromatic rings. The van der Waals surface area contributed by atoms with Crippen LogP contribution in [0.1, 0.15) is 18.9 Å². The molecule has 0 bridgehead atoms. The highest BCUT2D eigenvalue weighted by atomic mass is 32.2. The molecular weight excluding hydrogens is 258 g/mol. The van der Waals surface area contributed by atoms with E-state index in [0.29, 0.717) is 0 Å². The van der Waals surface area contributed by atoms with Crippen LogP contribution in [0.5, 0.6) is 5.75 Å². The molecule has 2 N–H and O–H groups in total. The van der Waals surface area contributed by atoms with Gasteiger partial charge in [-0.1, -0.05) is 13.3 Å². The highest BCUT2D eigenvalue weighted by Crippen LogP contribution is 2.30. The summed E-state index contributed by atoms with van der Waals surface area (Å²) in [6, 6.07) is 5.19. The second-order valence-electron chi connectivity index (χ2n) is 3.75. The van der Waals surface area contributed by atoms with E-state index in [0.717, 1.165) is 22.9 Å². The summed E-state index contributed by atoms with van der Waals surface area (Å²) in [7, 11) is -3.94. The Balaban J connectivity index is 2.39. The first-order chi connectivity index (χ1) is 7.99. The van der Waals surface area contributed by atoms with Crippen LogP contribution >= 0.6 is 11.3 Å². The average Bonchev–Trinajstić information content (AvgIpc) is 2.59. The molecule has 0 saturated heterocycles. The lowest BCUT2D eigenvalue weighted by atomic mass is 10.1. The molecule has 1 aromatic carbocycles. The summed E-state index contributed by atoms with van der Waals surface area (Å²) < 4.78 is 27.3. The van der Waals surface area contributed by atoms with Crippen molar-refractivity contribution in [1.82, 2.24) is 0 Å². The number of thiophene rings is 1. The zero-order chi connectivity index (χ0) is 12.5. The fourth-order valence-corrected chi connectivity index (χ4v) is 3.11. The van der Waals surface area contributed by atoms with E-state index in [1.807, 2.05) is 6.07 Å². The van der Waals surface area contributed by atoms with E-state index in [-0.39, 0.29) is 5.75 Å². The molecule has 2 rings (SSSR count). The van der Waals surface area contributed by atoms with Crippen LogP contribution in [0, 0.1) is 0 Å². The smallest absolute Gasteiger partial charge is 0.371 e. The van der Waals surface area contributed by atoms with Crippen LogP contribution in [0.2, 0.25) is 0 Å². The Labute approximate surface area is 104 Å². The van der Waals surface area contributed by atoms with Crippen molar-refractivity contribution in [3.05, 3.63) is 29.1 Å². The minimum atomic E-state index is -3.94. The summed E-state index contributed by atoms with van der Waals surface area (Å²) in [6.07, 6.45) is 2.11. The average molecular weight is 271 g/mol. The highest BCUT2D eigenvalue weighted by Gasteiger charge is 2.08. The van der Waals surface area contributed by atoms with Gasteiger partial charge in [-0.25, -0.2) is 0 Å². The first-order valence-electron chi connectivity index (χ1n) is 5.22. The van der Waals surface area contributed by atoms with Crippen molar-refractivity contribution in [1.29, 1.82) is 0 Å². The third-order valence-corrected chi connectivity index (χ3v) is 3.78. The molecule has 0 fully saturated rings. The van der Waals surface area contributed by atoms with E-state index >= 15 is 0 Å². The molecule has 0 saturated carbocycles. The Hall–Kier alpha value is -1.11. The van der Waals surface area contributed by atoms with Gasteiger partial charge in [-0.15, -0.1) is 11.3 Å². The minimum Gasteiger partial charge on any atom is -0.371 e. The van der Waals surface area contributed by atoms with Gasteiger partial charge in [0.25, 0.3) is 0 Å². The predicted octanol–water partition coefficient (Wildman–Crippen LogP) is 2.44. The molecule has 0 atom stereocenters. The molecular formula is C11H13NO3S2. The van der Waals surface area contributed by atoms with E-state index in [1.165, 1.54) is 5.56 Å². The van der Waals surface area contributed by atoms with Crippen molar-refractivity contribution < 1.29 is 12.6 Å². The fraction of sp³-hybridized carbons (Fsp3) is 0.273. The van der Waals surface area contributed by atoms with Crippen molar-refractivity contribution in [2.24, 2.45) is 5.14 Å². The summed E-state index contributed by atoms with van der Waals surface area (Å²) in [5.41, 5.74) is 1.29. The van der Waals surface area contributed by atoms with Crippen molar-refractivity contribution in [2.45, 2.75) is 19.8 Å². The van der Waals surface area contributed by atoms with Crippen molar-refractivity contribution in [3.63, 3.8) is 0 Å². The predicted molar refractivity (Wildman–Crippen MR) is 69.6 cm³/mol. The van der Waals surface area contributed by atoms with Crippen LogP contribution in [-0.2, 0) is 16.7 Å². The summed E-state index contributed by atoms with van der Waals surface area (Å²) in [5.74, 6) is 0.255. The van der Waals surface area contributed by atoms with Gasteiger partial charge >= 0.3 is 10.3 Å². The number of fused-ring (bicyclic) bond motifs is 1. The summed E-state index contributed by atoms with van der Waals surface area (Å²) >= 11 is 1.58. The number of benzene rings is 1. The molecule has 1 aromatic heterocycles. The first-order valence-corrected chi connectivity index (χ1v) is 7.57. The zero-order valence-electron chi connectivity index (χ0n) is 9.34. The van der Waals surface area contributed by atoms with E-state index in [4.69, 9.17) is 5.14 Å². The molecule has 6 heteroatoms. The molecule has 0 amide bonds. The van der Waals surface area contributed by atoms with E-state index in [1.54, 1.807) is 23.5 Å². The maximum Gasteiger partial charge on any atom is 0.380 e. The molecule has 0 aliphatic heterocycles. The Morgan fingerprint density at radius 2 is 2.18 bits per heavy atom. The van der Waals surface area contributed by atoms with Crippen LogP contribution in [0.15, 0.2) is 23.6 Å². The fourth-order valence-electron chi connectivity index (χ4n) is 1.71. The van der Waals surface area contributed by atoms with Gasteiger partial charge in [0.2, 0.25) is 0 Å². The van der Waals surface area contributed by atoms with Gasteiger partial charge < -0.3 is 4.18 Å². The third-order valence-electron chi connectivity index (χ3n) is 2.36. The van der Waals surface area contributed by atoms with Crippen LogP contribution in [0.3, 0.4) is 0 Å². The zero-order valence-corrected chi connectivity index (χ0v) is 11.0. The van der Waals surface area contributed by atoms with Crippen molar-refractivity contribution >= 4 is 31.7 Å². The van der Waals surface area contributed by atoms with Crippen LogP contribution in [0.25, 0.3) is 10.1 Å². The molecule has 4 nitrogen and oxygen atoms in total. The SMILES string of the molecule is CCCc1csc2cc(OS(N)(=O)=O)ccc12. The maximum absolute atomic E-state index is 10.8. The first kappa shape index (κ1) is 12.3. The maximum atomic E-state index is 10.8. The molecule has 0 aliphatic carbocycles. The highest BCUT2D eigenvalue weighted by molar-refractivity contribution is 7.84. The van der Waals surface area contributed by atoms with Gasteiger partial charge in [-0.2, -0.15) is 13.6 Å². The van der Waals surface area contributed by atoms with Crippen molar-refractivity contribution in [3.8, 4) is 5.75 Å². The molecule has 92 valence electrons. The topological polar surface area (TPSA) is 69.4 Å². The second-order valence-corrected chi connectivity index (χ2v) is 5.81. The van der Waals surface area contributed by atoms with Crippen LogP contribution in [-0.4, -0.2) is 8.42 Å². The Kier molecular flexibility index (Phi) is 3.37. The quantitative estimate of drug-likeness (QED) is 0.928. The summed E-state index contributed by atoms with van der Waals surface area (Å²) in [4.78, 5) is 0. The Morgan fingerprint density at radius 1 is 1.41 bits per heavy atom. The Bertz CT molecular complexity index is 631. The Morgan fingerprint density at radius 3 is 2.82 bits per heavy atom. The van der Waals surface area contributed by atoms with Crippen LogP contribution in [0.4, 0.5) is 0 Å². The largest absolute Gasteiger partial charge is 0.380 e. The number of nitrogens with two attached hydrogens (primary N) is 1. The number of hydrogen-bond donors (Lipinski definition) is 1. The number of rotatable bonds is 4. The molecule has 0 unspecified atom stereocenters. The molecule has 0 radical (unpaired) electrons. The lowest BCUT2D eigenvalue weighted by Crippen LogP contribution is -2.18. The molecule has 0 aliphatic rings.